The minimum absolute atomic E-state index is 0.159. The zero-order valence-corrected chi connectivity index (χ0v) is 10.6. The van der Waals surface area contributed by atoms with Gasteiger partial charge in [0.15, 0.2) is 0 Å². The number of benzene rings is 1. The van der Waals surface area contributed by atoms with Crippen LogP contribution >= 0.6 is 0 Å². The van der Waals surface area contributed by atoms with Crippen LogP contribution in [0.2, 0.25) is 0 Å². The van der Waals surface area contributed by atoms with Crippen LogP contribution in [0.1, 0.15) is 5.56 Å². The van der Waals surface area contributed by atoms with Gasteiger partial charge in [-0.3, -0.25) is 4.79 Å². The molecule has 0 saturated carbocycles. The third-order valence-electron chi connectivity index (χ3n) is 2.87. The first kappa shape index (κ1) is 14.4. The first-order chi connectivity index (χ1) is 9.39. The van der Waals surface area contributed by atoms with Gasteiger partial charge in [-0.05, 0) is 23.1 Å². The molecule has 0 fully saturated rings. The van der Waals surface area contributed by atoms with Crippen molar-refractivity contribution in [2.24, 2.45) is 5.73 Å². The molecule has 108 valence electrons. The summed E-state index contributed by atoms with van der Waals surface area (Å²) in [5.41, 5.74) is 7.21. The van der Waals surface area contributed by atoms with Gasteiger partial charge in [0.05, 0.1) is 0 Å². The Morgan fingerprint density at radius 1 is 1.30 bits per heavy atom. The number of fused-ring (bicyclic) bond motifs is 1. The zero-order valence-electron chi connectivity index (χ0n) is 10.6. The third-order valence-corrected chi connectivity index (χ3v) is 2.87. The van der Waals surface area contributed by atoms with E-state index in [9.17, 15) is 18.0 Å². The molecule has 0 radical (unpaired) electrons. The fourth-order valence-electron chi connectivity index (χ4n) is 1.90. The van der Waals surface area contributed by atoms with Crippen molar-refractivity contribution in [3.05, 3.63) is 36.0 Å². The third kappa shape index (κ3) is 3.51. The number of hydrogen-bond donors (Lipinski definition) is 2. The lowest BCUT2D eigenvalue weighted by Gasteiger charge is -2.10. The van der Waals surface area contributed by atoms with Gasteiger partial charge in [-0.15, -0.1) is 0 Å². The smallest absolute Gasteiger partial charge is 0.345 e. The first-order valence-corrected chi connectivity index (χ1v) is 6.00. The van der Waals surface area contributed by atoms with E-state index in [-0.39, 0.29) is 6.54 Å². The van der Waals surface area contributed by atoms with Crippen molar-refractivity contribution in [3.63, 3.8) is 0 Å². The number of nitrogens with one attached hydrogen (secondary N) is 1. The Hall–Kier alpha value is -2.02. The highest BCUT2D eigenvalue weighted by molar-refractivity contribution is 5.83. The summed E-state index contributed by atoms with van der Waals surface area (Å²) >= 11 is 0. The number of nitrogens with two attached hydrogens (primary N) is 1. The molecule has 3 N–H and O–H groups in total. The molecule has 2 aromatic rings. The average Bonchev–Trinajstić information content (AvgIpc) is 2.78. The summed E-state index contributed by atoms with van der Waals surface area (Å²) in [6, 6.07) is 7.36. The molecule has 0 atom stereocenters. The maximum Gasteiger partial charge on any atom is 0.405 e. The van der Waals surface area contributed by atoms with Crippen LogP contribution in [0.4, 0.5) is 13.2 Å². The van der Waals surface area contributed by atoms with Crippen LogP contribution in [0.15, 0.2) is 30.5 Å². The largest absolute Gasteiger partial charge is 0.405 e. The maximum absolute atomic E-state index is 12.0. The van der Waals surface area contributed by atoms with Crippen molar-refractivity contribution in [3.8, 4) is 0 Å². The highest BCUT2D eigenvalue weighted by Crippen LogP contribution is 2.17. The van der Waals surface area contributed by atoms with Crippen molar-refractivity contribution in [1.29, 1.82) is 0 Å². The van der Waals surface area contributed by atoms with E-state index in [1.54, 1.807) is 16.8 Å². The summed E-state index contributed by atoms with van der Waals surface area (Å²) in [4.78, 5) is 11.5. The van der Waals surface area contributed by atoms with E-state index >= 15 is 0 Å². The van der Waals surface area contributed by atoms with Crippen LogP contribution in [0.3, 0.4) is 0 Å². The van der Waals surface area contributed by atoms with Gasteiger partial charge in [0, 0.05) is 18.3 Å². The van der Waals surface area contributed by atoms with Crippen molar-refractivity contribution < 1.29 is 18.0 Å². The van der Waals surface area contributed by atoms with E-state index < -0.39 is 18.6 Å². The molecule has 7 heteroatoms. The molecule has 2 rings (SSSR count). The molecule has 1 aromatic carbocycles. The number of hydrogen-bond acceptors (Lipinski definition) is 2. The second-order valence-corrected chi connectivity index (χ2v) is 4.43. The predicted octanol–water partition coefficient (Wildman–Crippen LogP) is 1.78. The Labute approximate surface area is 113 Å². The summed E-state index contributed by atoms with van der Waals surface area (Å²) in [7, 11) is 0. The molecule has 0 bridgehead atoms. The number of amides is 1. The van der Waals surface area contributed by atoms with Crippen molar-refractivity contribution in [2.45, 2.75) is 19.3 Å². The average molecular weight is 285 g/mol. The molecule has 0 spiro atoms. The van der Waals surface area contributed by atoms with E-state index in [1.165, 1.54) is 0 Å². The van der Waals surface area contributed by atoms with Gasteiger partial charge in [0.1, 0.15) is 13.1 Å². The molecule has 0 saturated heterocycles. The quantitative estimate of drug-likeness (QED) is 0.899. The Kier molecular flexibility index (Phi) is 3.99. The minimum Gasteiger partial charge on any atom is -0.345 e. The normalized spacial score (nSPS) is 11.8. The Balaban J connectivity index is 2.11. The Bertz CT molecular complexity index is 619. The SMILES string of the molecule is NCc1ccc2ccn(CC(=O)NCC(F)(F)F)c2c1. The number of carbonyl (C=O) groups is 1. The fourth-order valence-corrected chi connectivity index (χ4v) is 1.90. The molecule has 0 aliphatic heterocycles. The number of nitrogens with zero attached hydrogens (tertiary/aromatic N) is 1. The van der Waals surface area contributed by atoms with Gasteiger partial charge in [0.25, 0.3) is 0 Å². The topological polar surface area (TPSA) is 60.0 Å². The molecular weight excluding hydrogens is 271 g/mol. The molecular formula is C13H14F3N3O. The molecule has 1 heterocycles. The van der Waals surface area contributed by atoms with Gasteiger partial charge in [-0.2, -0.15) is 13.2 Å². The number of halogens is 3. The zero-order chi connectivity index (χ0) is 14.8. The Morgan fingerprint density at radius 3 is 2.70 bits per heavy atom. The van der Waals surface area contributed by atoms with Crippen molar-refractivity contribution in [2.75, 3.05) is 6.54 Å². The van der Waals surface area contributed by atoms with E-state index in [0.717, 1.165) is 16.5 Å². The van der Waals surface area contributed by atoms with Gasteiger partial charge < -0.3 is 15.6 Å². The second kappa shape index (κ2) is 5.54. The molecule has 1 amide bonds. The lowest BCUT2D eigenvalue weighted by Crippen LogP contribution is -2.35. The van der Waals surface area contributed by atoms with Crippen LogP contribution in [-0.4, -0.2) is 23.2 Å². The van der Waals surface area contributed by atoms with Gasteiger partial charge >= 0.3 is 6.18 Å². The van der Waals surface area contributed by atoms with E-state index in [2.05, 4.69) is 0 Å². The van der Waals surface area contributed by atoms with E-state index in [0.29, 0.717) is 6.54 Å². The van der Waals surface area contributed by atoms with Crippen LogP contribution in [0.5, 0.6) is 0 Å². The highest BCUT2D eigenvalue weighted by Gasteiger charge is 2.27. The highest BCUT2D eigenvalue weighted by atomic mass is 19.4. The van der Waals surface area contributed by atoms with Crippen molar-refractivity contribution >= 4 is 16.8 Å². The second-order valence-electron chi connectivity index (χ2n) is 4.43. The summed E-state index contributed by atoms with van der Waals surface area (Å²) in [6.07, 6.45) is -2.74. The molecule has 4 nitrogen and oxygen atoms in total. The summed E-state index contributed by atoms with van der Waals surface area (Å²) in [5, 5.41) is 2.75. The van der Waals surface area contributed by atoms with E-state index in [4.69, 9.17) is 5.73 Å². The lowest BCUT2D eigenvalue weighted by molar-refractivity contribution is -0.138. The lowest BCUT2D eigenvalue weighted by atomic mass is 10.1. The standard InChI is InChI=1S/C13H14F3N3O/c14-13(15,16)8-18-12(20)7-19-4-3-10-2-1-9(6-17)5-11(10)19/h1-5H,6-8,17H2,(H,18,20). The number of alkyl halides is 3. The number of aromatic nitrogens is 1. The van der Waals surface area contributed by atoms with Crippen LogP contribution in [0, 0.1) is 0 Å². The van der Waals surface area contributed by atoms with Crippen LogP contribution in [-0.2, 0) is 17.9 Å². The maximum atomic E-state index is 12.0. The fraction of sp³-hybridized carbons (Fsp3) is 0.308. The molecule has 1 aromatic heterocycles. The minimum atomic E-state index is -4.40. The van der Waals surface area contributed by atoms with Gasteiger partial charge in [-0.1, -0.05) is 12.1 Å². The van der Waals surface area contributed by atoms with Crippen LogP contribution in [0.25, 0.3) is 10.9 Å². The first-order valence-electron chi connectivity index (χ1n) is 6.00. The Morgan fingerprint density at radius 2 is 2.05 bits per heavy atom. The van der Waals surface area contributed by atoms with Crippen molar-refractivity contribution in [1.82, 2.24) is 9.88 Å². The monoisotopic (exact) mass is 285 g/mol. The van der Waals surface area contributed by atoms with E-state index in [1.807, 2.05) is 23.5 Å². The number of carbonyl (C=O) groups excluding carboxylic acids is 1. The van der Waals surface area contributed by atoms with Gasteiger partial charge in [0.2, 0.25) is 5.91 Å². The number of rotatable bonds is 4. The predicted molar refractivity (Wildman–Crippen MR) is 68.9 cm³/mol. The summed E-state index contributed by atoms with van der Waals surface area (Å²) < 4.78 is 37.6. The summed E-state index contributed by atoms with van der Waals surface area (Å²) in [6.45, 7) is -1.12. The molecule has 0 unspecified atom stereocenters. The molecule has 20 heavy (non-hydrogen) atoms. The summed E-state index contributed by atoms with van der Waals surface area (Å²) in [5.74, 6) is -0.682. The van der Waals surface area contributed by atoms with Crippen LogP contribution < -0.4 is 11.1 Å². The molecule has 0 aliphatic carbocycles. The van der Waals surface area contributed by atoms with Gasteiger partial charge in [-0.25, -0.2) is 0 Å². The molecule has 0 aliphatic rings.